The van der Waals surface area contributed by atoms with E-state index in [4.69, 9.17) is 23.2 Å². The van der Waals surface area contributed by atoms with Crippen LogP contribution in [0.25, 0.3) is 10.9 Å². The normalized spacial score (nSPS) is 10.7. The monoisotopic (exact) mass is 253 g/mol. The van der Waals surface area contributed by atoms with E-state index < -0.39 is 5.24 Å². The van der Waals surface area contributed by atoms with E-state index >= 15 is 0 Å². The summed E-state index contributed by atoms with van der Waals surface area (Å²) in [7, 11) is 0. The first-order valence-electron chi connectivity index (χ1n) is 4.91. The first-order chi connectivity index (χ1) is 7.61. The summed E-state index contributed by atoms with van der Waals surface area (Å²) in [6.07, 6.45) is 0.933. The molecule has 16 heavy (non-hydrogen) atoms. The number of aryl methyl sites for hydroxylation is 1. The Labute approximate surface area is 103 Å². The van der Waals surface area contributed by atoms with E-state index in [1.54, 1.807) is 6.07 Å². The lowest BCUT2D eigenvalue weighted by atomic mass is 10.1. The SMILES string of the molecule is CCc1ccc2nc(Cl)c(C(=O)Cl)cc2c1. The van der Waals surface area contributed by atoms with Crippen LogP contribution in [0.15, 0.2) is 24.3 Å². The quantitative estimate of drug-likeness (QED) is 0.602. The third kappa shape index (κ3) is 2.04. The zero-order chi connectivity index (χ0) is 11.7. The minimum atomic E-state index is -0.582. The molecular formula is C12H9Cl2NO. The van der Waals surface area contributed by atoms with Crippen molar-refractivity contribution in [1.29, 1.82) is 0 Å². The average Bonchev–Trinajstić information content (AvgIpc) is 2.27. The van der Waals surface area contributed by atoms with Crippen molar-refractivity contribution in [3.63, 3.8) is 0 Å². The minimum absolute atomic E-state index is 0.150. The highest BCUT2D eigenvalue weighted by atomic mass is 35.5. The fourth-order valence-corrected chi connectivity index (χ4v) is 1.98. The summed E-state index contributed by atoms with van der Waals surface area (Å²) in [6.45, 7) is 2.07. The van der Waals surface area contributed by atoms with Crippen molar-refractivity contribution in [2.75, 3.05) is 0 Å². The van der Waals surface area contributed by atoms with Crippen LogP contribution in [0.2, 0.25) is 5.15 Å². The minimum Gasteiger partial charge on any atom is -0.275 e. The van der Waals surface area contributed by atoms with E-state index in [0.29, 0.717) is 0 Å². The maximum Gasteiger partial charge on any atom is 0.255 e. The second-order valence-electron chi connectivity index (χ2n) is 3.48. The fraction of sp³-hybridized carbons (Fsp3) is 0.167. The highest BCUT2D eigenvalue weighted by Crippen LogP contribution is 2.23. The van der Waals surface area contributed by atoms with Gasteiger partial charge in [0, 0.05) is 5.39 Å². The van der Waals surface area contributed by atoms with E-state index in [2.05, 4.69) is 11.9 Å². The second kappa shape index (κ2) is 4.40. The zero-order valence-corrected chi connectivity index (χ0v) is 10.1. The Morgan fingerprint density at radius 3 is 2.75 bits per heavy atom. The van der Waals surface area contributed by atoms with Gasteiger partial charge in [0.1, 0.15) is 5.15 Å². The van der Waals surface area contributed by atoms with Crippen molar-refractivity contribution in [3.8, 4) is 0 Å². The molecule has 0 aliphatic heterocycles. The molecule has 0 saturated heterocycles. The maximum atomic E-state index is 11.1. The Kier molecular flexibility index (Phi) is 3.13. The molecule has 0 radical (unpaired) electrons. The largest absolute Gasteiger partial charge is 0.275 e. The van der Waals surface area contributed by atoms with Gasteiger partial charge in [0.2, 0.25) is 0 Å². The lowest BCUT2D eigenvalue weighted by molar-refractivity contribution is 0.108. The van der Waals surface area contributed by atoms with Crippen molar-refractivity contribution in [1.82, 2.24) is 4.98 Å². The first kappa shape index (κ1) is 11.4. The molecule has 2 nitrogen and oxygen atoms in total. The summed E-state index contributed by atoms with van der Waals surface area (Å²) in [6, 6.07) is 7.55. The van der Waals surface area contributed by atoms with E-state index in [-0.39, 0.29) is 10.7 Å². The van der Waals surface area contributed by atoms with Gasteiger partial charge in [-0.1, -0.05) is 24.6 Å². The molecule has 0 N–H and O–H groups in total. The van der Waals surface area contributed by atoms with Gasteiger partial charge in [-0.25, -0.2) is 4.98 Å². The molecule has 0 spiro atoms. The smallest absolute Gasteiger partial charge is 0.255 e. The second-order valence-corrected chi connectivity index (χ2v) is 4.18. The van der Waals surface area contributed by atoms with Crippen LogP contribution in [0.3, 0.4) is 0 Å². The molecule has 1 aromatic heterocycles. The summed E-state index contributed by atoms with van der Waals surface area (Å²) in [4.78, 5) is 15.2. The van der Waals surface area contributed by atoms with E-state index in [9.17, 15) is 4.79 Å². The van der Waals surface area contributed by atoms with Gasteiger partial charge in [-0.15, -0.1) is 0 Å². The molecule has 0 saturated carbocycles. The molecule has 2 rings (SSSR count). The van der Waals surface area contributed by atoms with Crippen LogP contribution >= 0.6 is 23.2 Å². The first-order valence-corrected chi connectivity index (χ1v) is 5.66. The summed E-state index contributed by atoms with van der Waals surface area (Å²) < 4.78 is 0. The van der Waals surface area contributed by atoms with Crippen LogP contribution in [0.5, 0.6) is 0 Å². The van der Waals surface area contributed by atoms with Crippen molar-refractivity contribution < 1.29 is 4.79 Å². The summed E-state index contributed by atoms with van der Waals surface area (Å²) in [5.41, 5.74) is 2.21. The number of pyridine rings is 1. The standard InChI is InChI=1S/C12H9Cl2NO/c1-2-7-3-4-10-8(5-7)6-9(12(14)16)11(13)15-10/h3-6H,2H2,1H3. The van der Waals surface area contributed by atoms with E-state index in [1.807, 2.05) is 18.2 Å². The van der Waals surface area contributed by atoms with Crippen molar-refractivity contribution in [2.45, 2.75) is 13.3 Å². The Balaban J connectivity index is 2.70. The Morgan fingerprint density at radius 1 is 1.38 bits per heavy atom. The number of rotatable bonds is 2. The van der Waals surface area contributed by atoms with Gasteiger partial charge in [-0.2, -0.15) is 0 Å². The predicted molar refractivity (Wildman–Crippen MR) is 66.3 cm³/mol. The molecule has 0 bridgehead atoms. The van der Waals surface area contributed by atoms with Crippen molar-refractivity contribution in [2.24, 2.45) is 0 Å². The van der Waals surface area contributed by atoms with Gasteiger partial charge >= 0.3 is 0 Å². The van der Waals surface area contributed by atoms with Crippen LogP contribution in [-0.4, -0.2) is 10.2 Å². The number of benzene rings is 1. The summed E-state index contributed by atoms with van der Waals surface area (Å²) in [5, 5.41) is 0.450. The molecule has 4 heteroatoms. The number of fused-ring (bicyclic) bond motifs is 1. The van der Waals surface area contributed by atoms with E-state index in [1.165, 1.54) is 5.56 Å². The number of carbonyl (C=O) groups is 1. The molecule has 0 fully saturated rings. The molecular weight excluding hydrogens is 245 g/mol. The number of carbonyl (C=O) groups excluding carboxylic acids is 1. The van der Waals surface area contributed by atoms with Crippen molar-refractivity contribution in [3.05, 3.63) is 40.5 Å². The molecule has 0 aliphatic rings. The molecule has 2 aromatic rings. The Bertz CT molecular complexity index is 566. The molecule has 1 heterocycles. The number of halogens is 2. The van der Waals surface area contributed by atoms with Gasteiger partial charge in [0.05, 0.1) is 11.1 Å². The highest BCUT2D eigenvalue weighted by molar-refractivity contribution is 6.68. The van der Waals surface area contributed by atoms with Gasteiger partial charge in [-0.05, 0) is 41.8 Å². The number of hydrogen-bond donors (Lipinski definition) is 0. The van der Waals surface area contributed by atoms with Crippen LogP contribution < -0.4 is 0 Å². The number of hydrogen-bond acceptors (Lipinski definition) is 2. The molecule has 82 valence electrons. The van der Waals surface area contributed by atoms with Crippen LogP contribution in [-0.2, 0) is 6.42 Å². The molecule has 0 atom stereocenters. The third-order valence-electron chi connectivity index (χ3n) is 2.45. The van der Waals surface area contributed by atoms with E-state index in [0.717, 1.165) is 17.3 Å². The Morgan fingerprint density at radius 2 is 2.12 bits per heavy atom. The topological polar surface area (TPSA) is 30.0 Å². The number of aromatic nitrogens is 1. The van der Waals surface area contributed by atoms with Gasteiger partial charge in [0.25, 0.3) is 5.24 Å². The number of nitrogens with zero attached hydrogens (tertiary/aromatic N) is 1. The highest BCUT2D eigenvalue weighted by Gasteiger charge is 2.10. The predicted octanol–water partition coefficient (Wildman–Crippen LogP) is 3.83. The average molecular weight is 254 g/mol. The van der Waals surface area contributed by atoms with Crippen LogP contribution in [0, 0.1) is 0 Å². The van der Waals surface area contributed by atoms with Crippen molar-refractivity contribution >= 4 is 39.3 Å². The zero-order valence-electron chi connectivity index (χ0n) is 8.63. The van der Waals surface area contributed by atoms with Crippen LogP contribution in [0.1, 0.15) is 22.8 Å². The molecule has 1 aromatic carbocycles. The molecule has 0 aliphatic carbocycles. The summed E-state index contributed by atoms with van der Waals surface area (Å²) in [5.74, 6) is 0. The third-order valence-corrected chi connectivity index (χ3v) is 2.94. The summed E-state index contributed by atoms with van der Waals surface area (Å²) >= 11 is 11.3. The van der Waals surface area contributed by atoms with Crippen LogP contribution in [0.4, 0.5) is 0 Å². The maximum absolute atomic E-state index is 11.1. The molecule has 0 unspecified atom stereocenters. The molecule has 0 amide bonds. The van der Waals surface area contributed by atoms with Gasteiger partial charge in [0.15, 0.2) is 0 Å². The Hall–Kier alpha value is -1.12. The lowest BCUT2D eigenvalue weighted by Crippen LogP contribution is -1.94. The fourth-order valence-electron chi connectivity index (χ4n) is 1.56. The van der Waals surface area contributed by atoms with Gasteiger partial charge < -0.3 is 0 Å². The lowest BCUT2D eigenvalue weighted by Gasteiger charge is -2.04. The van der Waals surface area contributed by atoms with Gasteiger partial charge in [-0.3, -0.25) is 4.79 Å².